The molecule has 0 fully saturated rings. The second-order valence-electron chi connectivity index (χ2n) is 3.32. The van der Waals surface area contributed by atoms with Gasteiger partial charge < -0.3 is 9.94 Å². The minimum Gasteiger partial charge on any atom is -0.479 e. The molecule has 0 radical (unpaired) electrons. The van der Waals surface area contributed by atoms with Gasteiger partial charge in [-0.15, -0.1) is 0 Å². The topological polar surface area (TPSA) is 58.9 Å². The fourth-order valence-electron chi connectivity index (χ4n) is 1.28. The molecule has 1 rings (SSSR count). The molecular weight excluding hydrogens is 194 g/mol. The third-order valence-corrected chi connectivity index (χ3v) is 1.71. The lowest BCUT2D eigenvalue weighted by Crippen LogP contribution is -2.03. The fraction of sp³-hybridized carbons (Fsp3) is 0.273. The number of hydrogen-bond donors (Lipinski definition) is 1. The van der Waals surface area contributed by atoms with Crippen molar-refractivity contribution >= 4 is 12.2 Å². The Hall–Kier alpha value is -1.84. The van der Waals surface area contributed by atoms with Crippen molar-refractivity contribution in [3.05, 3.63) is 34.9 Å². The van der Waals surface area contributed by atoms with E-state index in [1.165, 1.54) is 6.21 Å². The van der Waals surface area contributed by atoms with Crippen molar-refractivity contribution in [2.75, 3.05) is 6.61 Å². The summed E-state index contributed by atoms with van der Waals surface area (Å²) >= 11 is 0. The first-order chi connectivity index (χ1) is 7.08. The number of rotatable bonds is 4. The maximum absolute atomic E-state index is 10.1. The summed E-state index contributed by atoms with van der Waals surface area (Å²) in [5.74, 6) is -1.03. The first kappa shape index (κ1) is 11.2. The smallest absolute Gasteiger partial charge is 0.344 e. The molecule has 80 valence electrons. The molecular formula is C11H13NO3. The van der Waals surface area contributed by atoms with Crippen LogP contribution in [0.3, 0.4) is 0 Å². The summed E-state index contributed by atoms with van der Waals surface area (Å²) in [4.78, 5) is 14.7. The minimum absolute atomic E-state index is 0.415. The van der Waals surface area contributed by atoms with Crippen LogP contribution in [0.15, 0.2) is 23.4 Å². The summed E-state index contributed by atoms with van der Waals surface area (Å²) in [5.41, 5.74) is 3.17. The van der Waals surface area contributed by atoms with Crippen LogP contribution in [-0.4, -0.2) is 23.9 Å². The number of aryl methyl sites for hydroxylation is 2. The number of carboxylic acids is 1. The van der Waals surface area contributed by atoms with E-state index in [1.807, 2.05) is 26.0 Å². The van der Waals surface area contributed by atoms with E-state index in [2.05, 4.69) is 16.1 Å². The number of aliphatic carboxylic acids is 1. The fourth-order valence-corrected chi connectivity index (χ4v) is 1.28. The van der Waals surface area contributed by atoms with Gasteiger partial charge >= 0.3 is 5.97 Å². The summed E-state index contributed by atoms with van der Waals surface area (Å²) in [5, 5.41) is 11.9. The molecule has 0 saturated heterocycles. The van der Waals surface area contributed by atoms with Crippen LogP contribution in [0.1, 0.15) is 16.7 Å². The predicted octanol–water partition coefficient (Wildman–Crippen LogP) is 1.74. The maximum Gasteiger partial charge on any atom is 0.344 e. The standard InChI is InChI=1S/C11H13NO3/c1-8-3-9(2)5-10(4-8)6-12-15-7-11(13)14/h3-6H,7H2,1-2H3,(H,13,14). The quantitative estimate of drug-likeness (QED) is 0.604. The summed E-state index contributed by atoms with van der Waals surface area (Å²) in [6.45, 7) is 3.56. The molecule has 0 amide bonds. The van der Waals surface area contributed by atoms with Crippen LogP contribution in [0, 0.1) is 13.8 Å². The Balaban J connectivity index is 2.60. The van der Waals surface area contributed by atoms with Crippen LogP contribution in [-0.2, 0) is 9.63 Å². The zero-order chi connectivity index (χ0) is 11.3. The second kappa shape index (κ2) is 5.14. The molecule has 0 saturated carbocycles. The molecule has 0 aliphatic carbocycles. The van der Waals surface area contributed by atoms with Crippen molar-refractivity contribution in [2.24, 2.45) is 5.16 Å². The zero-order valence-electron chi connectivity index (χ0n) is 8.73. The van der Waals surface area contributed by atoms with Crippen LogP contribution in [0.2, 0.25) is 0 Å². The predicted molar refractivity (Wildman–Crippen MR) is 57.1 cm³/mol. The number of benzene rings is 1. The van der Waals surface area contributed by atoms with E-state index in [0.29, 0.717) is 0 Å². The summed E-state index contributed by atoms with van der Waals surface area (Å²) < 4.78 is 0. The Bertz CT molecular complexity index is 365. The number of hydrogen-bond acceptors (Lipinski definition) is 3. The van der Waals surface area contributed by atoms with Crippen molar-refractivity contribution in [1.82, 2.24) is 0 Å². The van der Waals surface area contributed by atoms with Crippen molar-refractivity contribution in [2.45, 2.75) is 13.8 Å². The van der Waals surface area contributed by atoms with E-state index in [4.69, 9.17) is 5.11 Å². The first-order valence-electron chi connectivity index (χ1n) is 4.53. The zero-order valence-corrected chi connectivity index (χ0v) is 8.73. The molecule has 0 aromatic heterocycles. The van der Waals surface area contributed by atoms with E-state index in [9.17, 15) is 4.79 Å². The number of oxime groups is 1. The summed E-state index contributed by atoms with van der Waals surface area (Å²) in [7, 11) is 0. The lowest BCUT2D eigenvalue weighted by molar-refractivity contribution is -0.142. The molecule has 0 spiro atoms. The van der Waals surface area contributed by atoms with Crippen LogP contribution >= 0.6 is 0 Å². The lowest BCUT2D eigenvalue weighted by Gasteiger charge is -1.99. The molecule has 4 heteroatoms. The highest BCUT2D eigenvalue weighted by molar-refractivity contribution is 5.79. The molecule has 0 aliphatic heterocycles. The Morgan fingerprint density at radius 2 is 2.00 bits per heavy atom. The number of nitrogens with zero attached hydrogens (tertiary/aromatic N) is 1. The molecule has 0 aliphatic rings. The van der Waals surface area contributed by atoms with Gasteiger partial charge in [-0.3, -0.25) is 0 Å². The van der Waals surface area contributed by atoms with Gasteiger partial charge in [-0.2, -0.15) is 0 Å². The van der Waals surface area contributed by atoms with Crippen molar-refractivity contribution in [3.63, 3.8) is 0 Å². The molecule has 0 bridgehead atoms. The van der Waals surface area contributed by atoms with Gasteiger partial charge in [-0.1, -0.05) is 34.5 Å². The van der Waals surface area contributed by atoms with Gasteiger partial charge in [0.25, 0.3) is 0 Å². The van der Waals surface area contributed by atoms with Crippen molar-refractivity contribution in [1.29, 1.82) is 0 Å². The molecule has 15 heavy (non-hydrogen) atoms. The minimum atomic E-state index is -1.03. The first-order valence-corrected chi connectivity index (χ1v) is 4.53. The van der Waals surface area contributed by atoms with Gasteiger partial charge in [-0.05, 0) is 19.4 Å². The Morgan fingerprint density at radius 1 is 1.40 bits per heavy atom. The SMILES string of the molecule is Cc1cc(C)cc(C=NOCC(=O)O)c1. The average molecular weight is 207 g/mol. The van der Waals surface area contributed by atoms with Crippen LogP contribution < -0.4 is 0 Å². The Kier molecular flexibility index (Phi) is 3.85. The molecule has 1 aromatic rings. The number of carboxylic acid groups (broad SMARTS) is 1. The highest BCUT2D eigenvalue weighted by Gasteiger charge is 1.95. The summed E-state index contributed by atoms with van der Waals surface area (Å²) in [6.07, 6.45) is 1.50. The van der Waals surface area contributed by atoms with Crippen LogP contribution in [0.4, 0.5) is 0 Å². The van der Waals surface area contributed by atoms with Gasteiger partial charge in [0.05, 0.1) is 6.21 Å². The second-order valence-corrected chi connectivity index (χ2v) is 3.32. The van der Waals surface area contributed by atoms with Gasteiger partial charge in [0.2, 0.25) is 6.61 Å². The highest BCUT2D eigenvalue weighted by Crippen LogP contribution is 2.06. The average Bonchev–Trinajstić information content (AvgIpc) is 2.10. The van der Waals surface area contributed by atoms with Gasteiger partial charge in [0.15, 0.2) is 0 Å². The third kappa shape index (κ3) is 4.26. The van der Waals surface area contributed by atoms with Gasteiger partial charge in [0, 0.05) is 0 Å². The normalized spacial score (nSPS) is 10.5. The van der Waals surface area contributed by atoms with E-state index >= 15 is 0 Å². The van der Waals surface area contributed by atoms with E-state index in [-0.39, 0.29) is 0 Å². The Labute approximate surface area is 88.2 Å². The number of carbonyl (C=O) groups is 1. The summed E-state index contributed by atoms with van der Waals surface area (Å²) in [6, 6.07) is 5.94. The largest absolute Gasteiger partial charge is 0.479 e. The Morgan fingerprint density at radius 3 is 2.53 bits per heavy atom. The molecule has 1 N–H and O–H groups in total. The van der Waals surface area contributed by atoms with Crippen LogP contribution in [0.25, 0.3) is 0 Å². The van der Waals surface area contributed by atoms with E-state index in [1.54, 1.807) is 0 Å². The third-order valence-electron chi connectivity index (χ3n) is 1.71. The molecule has 4 nitrogen and oxygen atoms in total. The van der Waals surface area contributed by atoms with Gasteiger partial charge in [-0.25, -0.2) is 4.79 Å². The molecule has 0 atom stereocenters. The lowest BCUT2D eigenvalue weighted by atomic mass is 10.1. The molecule has 0 unspecified atom stereocenters. The molecule has 0 heterocycles. The van der Waals surface area contributed by atoms with Crippen LogP contribution in [0.5, 0.6) is 0 Å². The van der Waals surface area contributed by atoms with Crippen molar-refractivity contribution < 1.29 is 14.7 Å². The van der Waals surface area contributed by atoms with E-state index < -0.39 is 12.6 Å². The van der Waals surface area contributed by atoms with Crippen molar-refractivity contribution in [3.8, 4) is 0 Å². The highest BCUT2D eigenvalue weighted by atomic mass is 16.6. The maximum atomic E-state index is 10.1. The molecule has 1 aromatic carbocycles. The monoisotopic (exact) mass is 207 g/mol. The van der Waals surface area contributed by atoms with Gasteiger partial charge in [0.1, 0.15) is 0 Å². The van der Waals surface area contributed by atoms with E-state index in [0.717, 1.165) is 16.7 Å².